The van der Waals surface area contributed by atoms with Gasteiger partial charge in [-0.05, 0) is 24.3 Å². The van der Waals surface area contributed by atoms with Gasteiger partial charge in [0.15, 0.2) is 0 Å². The molecule has 3 aromatic rings. The van der Waals surface area contributed by atoms with Gasteiger partial charge in [0.05, 0.1) is 42.6 Å². The third kappa shape index (κ3) is 4.91. The average molecular weight is 460 g/mol. The van der Waals surface area contributed by atoms with Crippen LogP contribution in [0.5, 0.6) is 0 Å². The van der Waals surface area contributed by atoms with Crippen molar-refractivity contribution in [2.75, 3.05) is 0 Å². The van der Waals surface area contributed by atoms with E-state index in [1.54, 1.807) is 12.4 Å². The van der Waals surface area contributed by atoms with Gasteiger partial charge in [0.1, 0.15) is 0 Å². The zero-order chi connectivity index (χ0) is 20.8. The quantitative estimate of drug-likeness (QED) is 0.376. The van der Waals surface area contributed by atoms with Crippen molar-refractivity contribution >= 4 is 58.3 Å². The van der Waals surface area contributed by atoms with Crippen LogP contribution >= 0.6 is 46.4 Å². The third-order valence-electron chi connectivity index (χ3n) is 3.29. The Labute approximate surface area is 179 Å². The maximum atomic E-state index is 10.9. The Morgan fingerprint density at radius 3 is 1.25 bits per heavy atom. The minimum atomic E-state index is -1.55. The number of carboxylic acid groups (broad SMARTS) is 2. The summed E-state index contributed by atoms with van der Waals surface area (Å²) in [4.78, 5) is 30.1. The van der Waals surface area contributed by atoms with E-state index in [1.165, 1.54) is 0 Å². The third-order valence-corrected chi connectivity index (χ3v) is 5.09. The number of aromatic carboxylic acids is 2. The molecule has 2 aromatic heterocycles. The van der Waals surface area contributed by atoms with Crippen LogP contribution in [0.15, 0.2) is 48.8 Å². The molecule has 0 atom stereocenters. The van der Waals surface area contributed by atoms with Crippen LogP contribution in [0.25, 0.3) is 11.4 Å². The predicted molar refractivity (Wildman–Crippen MR) is 108 cm³/mol. The number of benzene rings is 1. The molecule has 0 unspecified atom stereocenters. The predicted octanol–water partition coefficient (Wildman–Crippen LogP) is 5.84. The number of hydrogen-bond donors (Lipinski definition) is 2. The zero-order valence-corrected chi connectivity index (χ0v) is 16.8. The Morgan fingerprint density at radius 2 is 1.00 bits per heavy atom. The lowest BCUT2D eigenvalue weighted by Crippen LogP contribution is -2.10. The van der Waals surface area contributed by atoms with Crippen molar-refractivity contribution in [3.05, 3.63) is 80.0 Å². The van der Waals surface area contributed by atoms with E-state index in [-0.39, 0.29) is 10.0 Å². The van der Waals surface area contributed by atoms with Gasteiger partial charge in [0, 0.05) is 12.4 Å². The smallest absolute Gasteiger partial charge is 0.338 e. The zero-order valence-electron chi connectivity index (χ0n) is 13.7. The number of nitrogens with zero attached hydrogens (tertiary/aromatic N) is 2. The normalized spacial score (nSPS) is 10.0. The molecule has 1 aromatic carbocycles. The first-order valence-corrected chi connectivity index (χ1v) is 8.91. The minimum Gasteiger partial charge on any atom is -0.478 e. The largest absolute Gasteiger partial charge is 0.478 e. The summed E-state index contributed by atoms with van der Waals surface area (Å²) in [6.45, 7) is 0. The lowest BCUT2D eigenvalue weighted by molar-refractivity contribution is 0.0652. The molecule has 0 spiro atoms. The van der Waals surface area contributed by atoms with Gasteiger partial charge in [0.25, 0.3) is 0 Å². The van der Waals surface area contributed by atoms with Crippen LogP contribution in [0.4, 0.5) is 0 Å². The van der Waals surface area contributed by atoms with Crippen LogP contribution in [0.3, 0.4) is 0 Å². The van der Waals surface area contributed by atoms with E-state index in [4.69, 9.17) is 56.6 Å². The fraction of sp³-hybridized carbons (Fsp3) is 0. The molecule has 0 bridgehead atoms. The van der Waals surface area contributed by atoms with Crippen molar-refractivity contribution in [1.29, 1.82) is 0 Å². The summed E-state index contributed by atoms with van der Waals surface area (Å²) in [5.41, 5.74) is 0.457. The highest BCUT2D eigenvalue weighted by atomic mass is 35.5. The van der Waals surface area contributed by atoms with Crippen LogP contribution in [0, 0.1) is 0 Å². The molecule has 0 aliphatic rings. The monoisotopic (exact) mass is 458 g/mol. The fourth-order valence-electron chi connectivity index (χ4n) is 2.06. The van der Waals surface area contributed by atoms with E-state index in [0.29, 0.717) is 0 Å². The van der Waals surface area contributed by atoms with Crippen molar-refractivity contribution in [3.63, 3.8) is 0 Å². The first-order valence-electron chi connectivity index (χ1n) is 7.40. The van der Waals surface area contributed by atoms with E-state index < -0.39 is 33.1 Å². The molecule has 2 N–H and O–H groups in total. The van der Waals surface area contributed by atoms with Crippen LogP contribution in [0.2, 0.25) is 20.1 Å². The summed E-state index contributed by atoms with van der Waals surface area (Å²) in [5, 5.41) is 16.1. The second-order valence-corrected chi connectivity index (χ2v) is 6.56. The van der Waals surface area contributed by atoms with E-state index >= 15 is 0 Å². The van der Waals surface area contributed by atoms with Crippen molar-refractivity contribution in [2.24, 2.45) is 0 Å². The Balaban J connectivity index is 0.000000207. The van der Waals surface area contributed by atoms with E-state index in [1.807, 2.05) is 36.4 Å². The molecule has 2 heterocycles. The van der Waals surface area contributed by atoms with E-state index in [0.717, 1.165) is 11.4 Å². The lowest BCUT2D eigenvalue weighted by Gasteiger charge is -2.10. The molecule has 144 valence electrons. The lowest BCUT2D eigenvalue weighted by atomic mass is 10.1. The maximum absolute atomic E-state index is 10.9. The Morgan fingerprint density at radius 1 is 0.643 bits per heavy atom. The summed E-state index contributed by atoms with van der Waals surface area (Å²) in [7, 11) is 0. The highest BCUT2D eigenvalue weighted by Crippen LogP contribution is 2.41. The fourth-order valence-corrected chi connectivity index (χ4v) is 3.08. The average Bonchev–Trinajstić information content (AvgIpc) is 2.70. The van der Waals surface area contributed by atoms with E-state index in [9.17, 15) is 9.59 Å². The van der Waals surface area contributed by atoms with Crippen molar-refractivity contribution in [3.8, 4) is 11.4 Å². The molecule has 3 rings (SSSR count). The van der Waals surface area contributed by atoms with Gasteiger partial charge in [0.2, 0.25) is 0 Å². The maximum Gasteiger partial charge on any atom is 0.338 e. The van der Waals surface area contributed by atoms with E-state index in [2.05, 4.69) is 9.97 Å². The number of carboxylic acids is 2. The standard InChI is InChI=1S/C10H8N2.C8H2Cl4O4/c1-3-7-11-9(5-1)10-6-2-4-8-12-10;9-3-1(7(13)14)2(8(15)16)4(10)6(12)5(3)11/h1-8H;(H,13,14)(H,15,16). The number of halogens is 4. The molecule has 10 heteroatoms. The number of aromatic nitrogens is 2. The van der Waals surface area contributed by atoms with Crippen LogP contribution < -0.4 is 0 Å². The molecule has 0 aliphatic carbocycles. The molecular weight excluding hydrogens is 450 g/mol. The first-order chi connectivity index (χ1) is 13.3. The Hall–Kier alpha value is -2.38. The molecule has 6 nitrogen and oxygen atoms in total. The van der Waals surface area contributed by atoms with Gasteiger partial charge in [-0.2, -0.15) is 0 Å². The SMILES string of the molecule is O=C(O)c1c(Cl)c(Cl)c(Cl)c(Cl)c1C(=O)O.c1ccc(-c2ccccn2)nc1. The highest BCUT2D eigenvalue weighted by Gasteiger charge is 2.28. The molecular formula is C18H10Cl4N2O4. The molecule has 28 heavy (non-hydrogen) atoms. The molecule has 0 amide bonds. The van der Waals surface area contributed by atoms with Crippen LogP contribution in [-0.2, 0) is 0 Å². The van der Waals surface area contributed by atoms with Gasteiger partial charge >= 0.3 is 11.9 Å². The molecule has 0 radical (unpaired) electrons. The van der Waals surface area contributed by atoms with Gasteiger partial charge in [-0.25, -0.2) is 9.59 Å². The van der Waals surface area contributed by atoms with Crippen molar-refractivity contribution in [2.45, 2.75) is 0 Å². The number of carbonyl (C=O) groups is 2. The summed E-state index contributed by atoms with van der Waals surface area (Å²) in [6, 6.07) is 11.6. The summed E-state index contributed by atoms with van der Waals surface area (Å²) in [6.07, 6.45) is 3.54. The minimum absolute atomic E-state index is 0.296. The number of hydrogen-bond acceptors (Lipinski definition) is 4. The van der Waals surface area contributed by atoms with Gasteiger partial charge in [-0.3, -0.25) is 9.97 Å². The van der Waals surface area contributed by atoms with Crippen molar-refractivity contribution < 1.29 is 19.8 Å². The van der Waals surface area contributed by atoms with Crippen LogP contribution in [-0.4, -0.2) is 32.1 Å². The molecule has 0 saturated heterocycles. The summed E-state index contributed by atoms with van der Waals surface area (Å²) < 4.78 is 0. The van der Waals surface area contributed by atoms with Crippen molar-refractivity contribution in [1.82, 2.24) is 9.97 Å². The first kappa shape index (κ1) is 21.9. The molecule has 0 saturated carbocycles. The number of rotatable bonds is 3. The molecule has 0 fully saturated rings. The number of pyridine rings is 2. The summed E-state index contributed by atoms with van der Waals surface area (Å²) in [5.74, 6) is -3.11. The van der Waals surface area contributed by atoms with Crippen LogP contribution in [0.1, 0.15) is 20.7 Å². The Kier molecular flexibility index (Phi) is 7.60. The van der Waals surface area contributed by atoms with Gasteiger partial charge in [-0.1, -0.05) is 58.5 Å². The second-order valence-electron chi connectivity index (χ2n) is 5.05. The highest BCUT2D eigenvalue weighted by molar-refractivity contribution is 6.53. The molecule has 0 aliphatic heterocycles. The van der Waals surface area contributed by atoms with Gasteiger partial charge in [-0.15, -0.1) is 0 Å². The second kappa shape index (κ2) is 9.71. The van der Waals surface area contributed by atoms with Gasteiger partial charge < -0.3 is 10.2 Å². The topological polar surface area (TPSA) is 100 Å². The summed E-state index contributed by atoms with van der Waals surface area (Å²) >= 11 is 22.4. The Bertz CT molecular complexity index is 933.